The van der Waals surface area contributed by atoms with Crippen molar-refractivity contribution in [1.29, 1.82) is 0 Å². The molecule has 0 aromatic carbocycles. The molecule has 0 bridgehead atoms. The van der Waals surface area contributed by atoms with Gasteiger partial charge >= 0.3 is 0 Å². The van der Waals surface area contributed by atoms with Crippen LogP contribution in [0.1, 0.15) is 20.3 Å². The molecular formula is C12H23N3O. The van der Waals surface area contributed by atoms with Crippen molar-refractivity contribution in [2.45, 2.75) is 20.3 Å². The minimum atomic E-state index is 0.480. The van der Waals surface area contributed by atoms with Crippen LogP contribution in [-0.2, 0) is 4.74 Å². The Kier molecular flexibility index (Phi) is 9.53. The molecule has 0 aromatic heterocycles. The molecule has 92 valence electrons. The molecular weight excluding hydrogens is 202 g/mol. The van der Waals surface area contributed by atoms with Gasteiger partial charge in [0.05, 0.1) is 13.2 Å². The molecule has 0 radical (unpaired) electrons. The first-order chi connectivity index (χ1) is 7.70. The van der Waals surface area contributed by atoms with Crippen molar-refractivity contribution < 1.29 is 4.74 Å². The van der Waals surface area contributed by atoms with Crippen LogP contribution in [0.2, 0.25) is 0 Å². The molecule has 0 atom stereocenters. The standard InChI is InChI=1S/C12H23N3O/c1-5-7-14-12(13-4)15-8-10-16-9-6-11(2)3/h1,11H,6-10H2,2-4H3,(H2,13,14,15). The summed E-state index contributed by atoms with van der Waals surface area (Å²) >= 11 is 0. The number of ether oxygens (including phenoxy) is 1. The largest absolute Gasteiger partial charge is 0.380 e. The van der Waals surface area contributed by atoms with Gasteiger partial charge in [-0.2, -0.15) is 0 Å². The van der Waals surface area contributed by atoms with Gasteiger partial charge in [0, 0.05) is 20.2 Å². The summed E-state index contributed by atoms with van der Waals surface area (Å²) in [4.78, 5) is 4.01. The number of terminal acetylenes is 1. The molecule has 0 rings (SSSR count). The van der Waals surface area contributed by atoms with Gasteiger partial charge in [-0.1, -0.05) is 19.8 Å². The highest BCUT2D eigenvalue weighted by molar-refractivity contribution is 5.79. The maximum absolute atomic E-state index is 5.46. The Morgan fingerprint density at radius 2 is 2.12 bits per heavy atom. The van der Waals surface area contributed by atoms with E-state index in [1.807, 2.05) is 0 Å². The molecule has 4 nitrogen and oxygen atoms in total. The first-order valence-electron chi connectivity index (χ1n) is 5.66. The van der Waals surface area contributed by atoms with Gasteiger partial charge in [0.15, 0.2) is 5.96 Å². The third-order valence-corrected chi connectivity index (χ3v) is 1.96. The average molecular weight is 225 g/mol. The summed E-state index contributed by atoms with van der Waals surface area (Å²) in [5.41, 5.74) is 0. The Morgan fingerprint density at radius 1 is 1.38 bits per heavy atom. The van der Waals surface area contributed by atoms with Crippen molar-refractivity contribution in [2.24, 2.45) is 10.9 Å². The lowest BCUT2D eigenvalue weighted by molar-refractivity contribution is 0.128. The number of nitrogens with zero attached hydrogens (tertiary/aromatic N) is 1. The minimum Gasteiger partial charge on any atom is -0.380 e. The van der Waals surface area contributed by atoms with Crippen LogP contribution in [0.4, 0.5) is 0 Å². The Labute approximate surface area is 98.9 Å². The Balaban J connectivity index is 3.39. The van der Waals surface area contributed by atoms with Crippen LogP contribution >= 0.6 is 0 Å². The highest BCUT2D eigenvalue weighted by Crippen LogP contribution is 1.98. The Bertz CT molecular complexity index is 231. The van der Waals surface area contributed by atoms with E-state index in [4.69, 9.17) is 11.2 Å². The summed E-state index contributed by atoms with van der Waals surface area (Å²) in [5, 5.41) is 6.09. The zero-order valence-corrected chi connectivity index (χ0v) is 10.5. The van der Waals surface area contributed by atoms with Gasteiger partial charge in [-0.25, -0.2) is 0 Å². The van der Waals surface area contributed by atoms with Crippen molar-refractivity contribution in [3.63, 3.8) is 0 Å². The Morgan fingerprint density at radius 3 is 2.69 bits per heavy atom. The zero-order chi connectivity index (χ0) is 12.2. The molecule has 0 aliphatic carbocycles. The van der Waals surface area contributed by atoms with Crippen molar-refractivity contribution in [2.75, 3.05) is 33.4 Å². The van der Waals surface area contributed by atoms with Crippen LogP contribution in [0, 0.1) is 18.3 Å². The molecule has 0 aliphatic rings. The fraction of sp³-hybridized carbons (Fsp3) is 0.750. The fourth-order valence-electron chi connectivity index (χ4n) is 1.02. The number of guanidine groups is 1. The summed E-state index contributed by atoms with van der Waals surface area (Å²) in [7, 11) is 1.71. The first-order valence-corrected chi connectivity index (χ1v) is 5.66. The lowest BCUT2D eigenvalue weighted by Gasteiger charge is -2.10. The van der Waals surface area contributed by atoms with E-state index < -0.39 is 0 Å². The molecule has 0 aromatic rings. The van der Waals surface area contributed by atoms with Gasteiger partial charge in [0.25, 0.3) is 0 Å². The van der Waals surface area contributed by atoms with E-state index in [2.05, 4.69) is 35.4 Å². The van der Waals surface area contributed by atoms with Crippen LogP contribution in [0.3, 0.4) is 0 Å². The number of nitrogens with one attached hydrogen (secondary N) is 2. The monoisotopic (exact) mass is 225 g/mol. The van der Waals surface area contributed by atoms with E-state index in [-0.39, 0.29) is 0 Å². The highest BCUT2D eigenvalue weighted by atomic mass is 16.5. The highest BCUT2D eigenvalue weighted by Gasteiger charge is 1.96. The lowest BCUT2D eigenvalue weighted by atomic mass is 10.1. The molecule has 0 fully saturated rings. The van der Waals surface area contributed by atoms with E-state index in [1.165, 1.54) is 0 Å². The van der Waals surface area contributed by atoms with Gasteiger partial charge in [-0.15, -0.1) is 6.42 Å². The van der Waals surface area contributed by atoms with Crippen molar-refractivity contribution in [3.8, 4) is 12.3 Å². The second-order valence-electron chi connectivity index (χ2n) is 3.85. The first kappa shape index (κ1) is 14.8. The number of aliphatic imine (C=N–C) groups is 1. The van der Waals surface area contributed by atoms with Crippen molar-refractivity contribution >= 4 is 5.96 Å². The van der Waals surface area contributed by atoms with Crippen LogP contribution in [0.5, 0.6) is 0 Å². The topological polar surface area (TPSA) is 45.7 Å². The molecule has 0 saturated carbocycles. The Hall–Kier alpha value is -1.21. The third-order valence-electron chi connectivity index (χ3n) is 1.96. The molecule has 0 unspecified atom stereocenters. The number of hydrogen-bond donors (Lipinski definition) is 2. The van der Waals surface area contributed by atoms with Gasteiger partial charge < -0.3 is 15.4 Å². The van der Waals surface area contributed by atoms with E-state index in [0.717, 1.165) is 19.6 Å². The van der Waals surface area contributed by atoms with Gasteiger partial charge in [0.1, 0.15) is 0 Å². The molecule has 4 heteroatoms. The van der Waals surface area contributed by atoms with Crippen molar-refractivity contribution in [3.05, 3.63) is 0 Å². The van der Waals surface area contributed by atoms with Crippen LogP contribution in [0.15, 0.2) is 4.99 Å². The second kappa shape index (κ2) is 10.3. The zero-order valence-electron chi connectivity index (χ0n) is 10.5. The van der Waals surface area contributed by atoms with Gasteiger partial charge in [-0.3, -0.25) is 4.99 Å². The van der Waals surface area contributed by atoms with Crippen LogP contribution in [0.25, 0.3) is 0 Å². The van der Waals surface area contributed by atoms with E-state index in [0.29, 0.717) is 25.0 Å². The molecule has 0 spiro atoms. The van der Waals surface area contributed by atoms with Crippen LogP contribution < -0.4 is 10.6 Å². The molecule has 0 aliphatic heterocycles. The van der Waals surface area contributed by atoms with Gasteiger partial charge in [0.2, 0.25) is 0 Å². The van der Waals surface area contributed by atoms with E-state index >= 15 is 0 Å². The summed E-state index contributed by atoms with van der Waals surface area (Å²) in [6.07, 6.45) is 6.24. The fourth-order valence-corrected chi connectivity index (χ4v) is 1.02. The molecule has 0 amide bonds. The minimum absolute atomic E-state index is 0.480. The normalized spacial score (nSPS) is 11.3. The molecule has 0 heterocycles. The van der Waals surface area contributed by atoms with Gasteiger partial charge in [-0.05, 0) is 12.3 Å². The summed E-state index contributed by atoms with van der Waals surface area (Å²) in [6, 6.07) is 0. The third kappa shape index (κ3) is 9.35. The molecule has 16 heavy (non-hydrogen) atoms. The van der Waals surface area contributed by atoms with E-state index in [1.54, 1.807) is 7.05 Å². The maximum atomic E-state index is 5.46. The van der Waals surface area contributed by atoms with Crippen molar-refractivity contribution in [1.82, 2.24) is 10.6 Å². The predicted molar refractivity (Wildman–Crippen MR) is 68.5 cm³/mol. The predicted octanol–water partition coefficient (Wildman–Crippen LogP) is 0.847. The smallest absolute Gasteiger partial charge is 0.191 e. The lowest BCUT2D eigenvalue weighted by Crippen LogP contribution is -2.39. The maximum Gasteiger partial charge on any atom is 0.191 e. The van der Waals surface area contributed by atoms with Crippen LogP contribution in [-0.4, -0.2) is 39.3 Å². The number of hydrogen-bond acceptors (Lipinski definition) is 2. The quantitative estimate of drug-likeness (QED) is 0.292. The molecule has 2 N–H and O–H groups in total. The summed E-state index contributed by atoms with van der Waals surface area (Å²) < 4.78 is 5.46. The van der Waals surface area contributed by atoms with E-state index in [9.17, 15) is 0 Å². The summed E-state index contributed by atoms with van der Waals surface area (Å²) in [6.45, 7) is 7.09. The average Bonchev–Trinajstić information content (AvgIpc) is 2.26. The second-order valence-corrected chi connectivity index (χ2v) is 3.85. The summed E-state index contributed by atoms with van der Waals surface area (Å²) in [5.74, 6) is 3.90. The SMILES string of the molecule is C#CCNC(=NC)NCCOCCC(C)C. The molecule has 0 saturated heterocycles. The number of rotatable bonds is 7.